The van der Waals surface area contributed by atoms with Crippen molar-refractivity contribution < 1.29 is 9.59 Å². The zero-order valence-corrected chi connectivity index (χ0v) is 11.1. The van der Waals surface area contributed by atoms with Crippen LogP contribution >= 0.6 is 11.6 Å². The molecule has 5 nitrogen and oxygen atoms in total. The monoisotopic (exact) mass is 269 g/mol. The molecule has 0 aliphatic heterocycles. The molecule has 1 aromatic rings. The lowest BCUT2D eigenvalue weighted by molar-refractivity contribution is -0.120. The fourth-order valence-corrected chi connectivity index (χ4v) is 1.56. The van der Waals surface area contributed by atoms with Gasteiger partial charge in [0, 0.05) is 32.6 Å². The molecule has 0 bridgehead atoms. The number of carbonyl (C=O) groups is 2. The van der Waals surface area contributed by atoms with Crippen molar-refractivity contribution in [2.24, 2.45) is 0 Å². The molecule has 0 aliphatic carbocycles. The SMILES string of the molecule is CNC(=O)CCN(C)C(=O)c1ccc(N)c(Cl)c1. The second kappa shape index (κ2) is 6.26. The predicted octanol–water partition coefficient (Wildman–Crippen LogP) is 1.13. The number of amides is 2. The highest BCUT2D eigenvalue weighted by molar-refractivity contribution is 6.33. The minimum atomic E-state index is -0.194. The van der Waals surface area contributed by atoms with E-state index in [4.69, 9.17) is 17.3 Å². The topological polar surface area (TPSA) is 75.4 Å². The number of nitrogens with one attached hydrogen (secondary N) is 1. The van der Waals surface area contributed by atoms with Crippen LogP contribution in [0.3, 0.4) is 0 Å². The maximum Gasteiger partial charge on any atom is 0.253 e. The molecular formula is C12H16ClN3O2. The van der Waals surface area contributed by atoms with Crippen LogP contribution in [-0.4, -0.2) is 37.4 Å². The summed E-state index contributed by atoms with van der Waals surface area (Å²) in [6.07, 6.45) is 0.265. The van der Waals surface area contributed by atoms with Crippen molar-refractivity contribution in [3.63, 3.8) is 0 Å². The first-order valence-electron chi connectivity index (χ1n) is 5.46. The summed E-state index contributed by atoms with van der Waals surface area (Å²) in [5, 5.41) is 2.85. The lowest BCUT2D eigenvalue weighted by Gasteiger charge is -2.17. The molecule has 0 unspecified atom stereocenters. The average molecular weight is 270 g/mol. The second-order valence-electron chi connectivity index (χ2n) is 3.89. The molecule has 0 spiro atoms. The molecule has 98 valence electrons. The van der Waals surface area contributed by atoms with Crippen LogP contribution in [0.4, 0.5) is 5.69 Å². The van der Waals surface area contributed by atoms with Gasteiger partial charge < -0.3 is 16.0 Å². The highest BCUT2D eigenvalue weighted by atomic mass is 35.5. The highest BCUT2D eigenvalue weighted by Crippen LogP contribution is 2.20. The van der Waals surface area contributed by atoms with E-state index in [2.05, 4.69) is 5.32 Å². The third kappa shape index (κ3) is 3.63. The Labute approximate surface area is 111 Å². The van der Waals surface area contributed by atoms with Crippen molar-refractivity contribution in [1.29, 1.82) is 0 Å². The van der Waals surface area contributed by atoms with Gasteiger partial charge in [0.1, 0.15) is 0 Å². The van der Waals surface area contributed by atoms with Crippen LogP contribution in [-0.2, 0) is 4.79 Å². The van der Waals surface area contributed by atoms with E-state index in [-0.39, 0.29) is 18.2 Å². The van der Waals surface area contributed by atoms with E-state index in [1.807, 2.05) is 0 Å². The Bertz CT molecular complexity index is 463. The fourth-order valence-electron chi connectivity index (χ4n) is 1.38. The van der Waals surface area contributed by atoms with E-state index in [0.29, 0.717) is 22.8 Å². The Kier molecular flexibility index (Phi) is 4.97. The van der Waals surface area contributed by atoms with Gasteiger partial charge in [-0.1, -0.05) is 11.6 Å². The summed E-state index contributed by atoms with van der Waals surface area (Å²) in [5.41, 5.74) is 6.46. The van der Waals surface area contributed by atoms with Crippen molar-refractivity contribution in [3.8, 4) is 0 Å². The van der Waals surface area contributed by atoms with Crippen LogP contribution in [0.1, 0.15) is 16.8 Å². The van der Waals surface area contributed by atoms with Crippen LogP contribution in [0.5, 0.6) is 0 Å². The summed E-state index contributed by atoms with van der Waals surface area (Å²) in [6, 6.07) is 4.72. The molecule has 0 radical (unpaired) electrons. The smallest absolute Gasteiger partial charge is 0.253 e. The van der Waals surface area contributed by atoms with Gasteiger partial charge in [0.2, 0.25) is 5.91 Å². The van der Waals surface area contributed by atoms with Crippen molar-refractivity contribution in [2.45, 2.75) is 6.42 Å². The van der Waals surface area contributed by atoms with Crippen molar-refractivity contribution in [3.05, 3.63) is 28.8 Å². The molecule has 0 aromatic heterocycles. The molecule has 0 heterocycles. The number of nitrogens with zero attached hydrogens (tertiary/aromatic N) is 1. The summed E-state index contributed by atoms with van der Waals surface area (Å²) in [7, 11) is 3.19. The summed E-state index contributed by atoms with van der Waals surface area (Å²) in [6.45, 7) is 0.348. The Morgan fingerprint density at radius 2 is 2.11 bits per heavy atom. The van der Waals surface area contributed by atoms with Gasteiger partial charge >= 0.3 is 0 Å². The van der Waals surface area contributed by atoms with E-state index in [1.165, 1.54) is 11.0 Å². The minimum Gasteiger partial charge on any atom is -0.398 e. The van der Waals surface area contributed by atoms with Crippen LogP contribution in [0.15, 0.2) is 18.2 Å². The van der Waals surface area contributed by atoms with Gasteiger partial charge in [-0.25, -0.2) is 0 Å². The molecule has 0 saturated heterocycles. The van der Waals surface area contributed by atoms with Gasteiger partial charge in [0.25, 0.3) is 5.91 Å². The first-order chi connectivity index (χ1) is 8.45. The first-order valence-corrected chi connectivity index (χ1v) is 5.84. The number of hydrogen-bond acceptors (Lipinski definition) is 3. The first kappa shape index (κ1) is 14.3. The molecule has 6 heteroatoms. The largest absolute Gasteiger partial charge is 0.398 e. The van der Waals surface area contributed by atoms with Gasteiger partial charge in [-0.05, 0) is 18.2 Å². The number of benzene rings is 1. The van der Waals surface area contributed by atoms with E-state index in [0.717, 1.165) is 0 Å². The van der Waals surface area contributed by atoms with Crippen LogP contribution in [0.2, 0.25) is 5.02 Å². The maximum absolute atomic E-state index is 12.0. The lowest BCUT2D eigenvalue weighted by Crippen LogP contribution is -2.31. The van der Waals surface area contributed by atoms with Gasteiger partial charge in [0.05, 0.1) is 10.7 Å². The maximum atomic E-state index is 12.0. The molecule has 0 atom stereocenters. The summed E-state index contributed by atoms with van der Waals surface area (Å²) >= 11 is 5.85. The molecule has 0 aliphatic rings. The van der Waals surface area contributed by atoms with Crippen LogP contribution in [0.25, 0.3) is 0 Å². The number of nitrogens with two attached hydrogens (primary N) is 1. The number of hydrogen-bond donors (Lipinski definition) is 2. The van der Waals surface area contributed by atoms with E-state index >= 15 is 0 Å². The zero-order chi connectivity index (χ0) is 13.7. The summed E-state index contributed by atoms with van der Waals surface area (Å²) in [4.78, 5) is 24.6. The second-order valence-corrected chi connectivity index (χ2v) is 4.29. The van der Waals surface area contributed by atoms with E-state index in [1.54, 1.807) is 26.2 Å². The number of halogens is 1. The number of carbonyl (C=O) groups excluding carboxylic acids is 2. The molecule has 1 rings (SSSR count). The van der Waals surface area contributed by atoms with Crippen molar-refractivity contribution in [2.75, 3.05) is 26.4 Å². The molecule has 1 aromatic carbocycles. The Morgan fingerprint density at radius 1 is 1.44 bits per heavy atom. The zero-order valence-electron chi connectivity index (χ0n) is 10.4. The highest BCUT2D eigenvalue weighted by Gasteiger charge is 2.13. The van der Waals surface area contributed by atoms with Gasteiger partial charge in [-0.15, -0.1) is 0 Å². The van der Waals surface area contributed by atoms with Gasteiger partial charge in [0.15, 0.2) is 0 Å². The van der Waals surface area contributed by atoms with Crippen molar-refractivity contribution >= 4 is 29.1 Å². The molecule has 0 fully saturated rings. The number of anilines is 1. The number of nitrogen functional groups attached to an aromatic ring is 1. The quantitative estimate of drug-likeness (QED) is 0.805. The normalized spacial score (nSPS) is 9.94. The van der Waals surface area contributed by atoms with Crippen molar-refractivity contribution in [1.82, 2.24) is 10.2 Å². The standard InChI is InChI=1S/C12H16ClN3O2/c1-15-11(17)5-6-16(2)12(18)8-3-4-10(14)9(13)7-8/h3-4,7H,5-6,14H2,1-2H3,(H,15,17). The van der Waals surface area contributed by atoms with Gasteiger partial charge in [-0.2, -0.15) is 0 Å². The average Bonchev–Trinajstić information content (AvgIpc) is 2.37. The summed E-state index contributed by atoms with van der Waals surface area (Å²) in [5.74, 6) is -0.300. The Balaban J connectivity index is 2.68. The van der Waals surface area contributed by atoms with E-state index < -0.39 is 0 Å². The molecule has 0 saturated carbocycles. The predicted molar refractivity (Wildman–Crippen MR) is 71.5 cm³/mol. The number of rotatable bonds is 4. The fraction of sp³-hybridized carbons (Fsp3) is 0.333. The third-order valence-electron chi connectivity index (χ3n) is 2.55. The summed E-state index contributed by atoms with van der Waals surface area (Å²) < 4.78 is 0. The molecular weight excluding hydrogens is 254 g/mol. The van der Waals surface area contributed by atoms with E-state index in [9.17, 15) is 9.59 Å². The lowest BCUT2D eigenvalue weighted by atomic mass is 10.2. The molecule has 3 N–H and O–H groups in total. The van der Waals surface area contributed by atoms with Gasteiger partial charge in [-0.3, -0.25) is 9.59 Å². The molecule has 18 heavy (non-hydrogen) atoms. The Hall–Kier alpha value is -1.75. The van der Waals surface area contributed by atoms with Crippen LogP contribution in [0, 0.1) is 0 Å². The van der Waals surface area contributed by atoms with Crippen LogP contribution < -0.4 is 11.1 Å². The minimum absolute atomic E-state index is 0.106. The Morgan fingerprint density at radius 3 is 2.67 bits per heavy atom. The third-order valence-corrected chi connectivity index (χ3v) is 2.87. The molecule has 2 amide bonds.